The predicted octanol–water partition coefficient (Wildman–Crippen LogP) is 0.586. The van der Waals surface area contributed by atoms with E-state index in [0.29, 0.717) is 18.0 Å². The highest BCUT2D eigenvalue weighted by molar-refractivity contribution is 5.95. The van der Waals surface area contributed by atoms with Crippen molar-refractivity contribution < 1.29 is 14.7 Å². The molecule has 2 unspecified atom stereocenters. The van der Waals surface area contributed by atoms with Crippen LogP contribution in [0.5, 0.6) is 0 Å². The smallest absolute Gasteiger partial charge is 0.252 e. The summed E-state index contributed by atoms with van der Waals surface area (Å²) < 4.78 is 0. The molecule has 0 aliphatic heterocycles. The second-order valence-corrected chi connectivity index (χ2v) is 5.43. The Morgan fingerprint density at radius 2 is 2.00 bits per heavy atom. The van der Waals surface area contributed by atoms with Gasteiger partial charge in [-0.2, -0.15) is 5.26 Å². The monoisotopic (exact) mass is 301 g/mol. The van der Waals surface area contributed by atoms with E-state index in [-0.39, 0.29) is 0 Å². The van der Waals surface area contributed by atoms with Crippen molar-refractivity contribution in [1.29, 1.82) is 5.26 Å². The molecular weight excluding hydrogens is 282 g/mol. The fourth-order valence-corrected chi connectivity index (χ4v) is 2.19. The van der Waals surface area contributed by atoms with Gasteiger partial charge >= 0.3 is 0 Å². The van der Waals surface area contributed by atoms with Crippen molar-refractivity contribution in [3.8, 4) is 6.07 Å². The average Bonchev–Trinajstić information content (AvgIpc) is 2.50. The van der Waals surface area contributed by atoms with Crippen LogP contribution in [-0.2, 0) is 4.79 Å². The van der Waals surface area contributed by atoms with E-state index in [1.54, 1.807) is 36.4 Å². The van der Waals surface area contributed by atoms with Gasteiger partial charge < -0.3 is 15.7 Å². The van der Waals surface area contributed by atoms with Crippen molar-refractivity contribution in [2.45, 2.75) is 31.4 Å². The molecule has 0 spiro atoms. The number of carbonyl (C=O) groups excluding carboxylic acids is 2. The molecule has 1 saturated carbocycles. The zero-order valence-corrected chi connectivity index (χ0v) is 12.2. The van der Waals surface area contributed by atoms with E-state index in [0.717, 1.165) is 19.3 Å². The third kappa shape index (κ3) is 4.06. The first-order chi connectivity index (χ1) is 10.6. The van der Waals surface area contributed by atoms with E-state index >= 15 is 0 Å². The van der Waals surface area contributed by atoms with Crippen LogP contribution in [0, 0.1) is 17.2 Å². The molecule has 0 saturated heterocycles. The van der Waals surface area contributed by atoms with Crippen LogP contribution in [0.4, 0.5) is 0 Å². The summed E-state index contributed by atoms with van der Waals surface area (Å²) in [4.78, 5) is 23.8. The lowest BCUT2D eigenvalue weighted by molar-refractivity contribution is -0.130. The summed E-state index contributed by atoms with van der Waals surface area (Å²) in [6.45, 7) is 0.501. The van der Waals surface area contributed by atoms with Crippen molar-refractivity contribution in [3.05, 3.63) is 35.9 Å². The highest BCUT2D eigenvalue weighted by atomic mass is 16.3. The van der Waals surface area contributed by atoms with Gasteiger partial charge in [0.1, 0.15) is 0 Å². The van der Waals surface area contributed by atoms with E-state index in [1.807, 2.05) is 0 Å². The Kier molecular flexibility index (Phi) is 5.50. The largest absolute Gasteiger partial charge is 0.380 e. The molecule has 1 fully saturated rings. The van der Waals surface area contributed by atoms with Crippen molar-refractivity contribution in [2.24, 2.45) is 5.92 Å². The maximum Gasteiger partial charge on any atom is 0.252 e. The summed E-state index contributed by atoms with van der Waals surface area (Å²) in [6, 6.07) is 8.80. The van der Waals surface area contributed by atoms with Crippen LogP contribution in [0.3, 0.4) is 0 Å². The molecule has 6 nitrogen and oxygen atoms in total. The van der Waals surface area contributed by atoms with Gasteiger partial charge in [0.15, 0.2) is 12.1 Å². The van der Waals surface area contributed by atoms with Crippen LogP contribution < -0.4 is 10.6 Å². The summed E-state index contributed by atoms with van der Waals surface area (Å²) in [5.41, 5.74) is 0.366. The highest BCUT2D eigenvalue weighted by Crippen LogP contribution is 2.25. The second-order valence-electron chi connectivity index (χ2n) is 5.43. The van der Waals surface area contributed by atoms with E-state index in [4.69, 9.17) is 5.26 Å². The summed E-state index contributed by atoms with van der Waals surface area (Å²) >= 11 is 0. The van der Waals surface area contributed by atoms with Gasteiger partial charge in [-0.1, -0.05) is 24.6 Å². The molecule has 0 aromatic heterocycles. The van der Waals surface area contributed by atoms with E-state index in [9.17, 15) is 14.7 Å². The second kappa shape index (κ2) is 7.57. The molecule has 0 radical (unpaired) electrons. The minimum Gasteiger partial charge on any atom is -0.380 e. The van der Waals surface area contributed by atoms with Crippen LogP contribution >= 0.6 is 0 Å². The number of nitriles is 1. The van der Waals surface area contributed by atoms with Gasteiger partial charge in [-0.25, -0.2) is 0 Å². The molecule has 2 rings (SSSR count). The van der Waals surface area contributed by atoms with Gasteiger partial charge in [0.05, 0.1) is 6.07 Å². The summed E-state index contributed by atoms with van der Waals surface area (Å²) in [5.74, 6) is -0.680. The number of hydrogen-bond donors (Lipinski definition) is 3. The molecule has 1 aromatic rings. The lowest BCUT2D eigenvalue weighted by Crippen LogP contribution is -2.50. The van der Waals surface area contributed by atoms with Crippen LogP contribution in [0.25, 0.3) is 0 Å². The third-order valence-corrected chi connectivity index (χ3v) is 3.84. The third-order valence-electron chi connectivity index (χ3n) is 3.84. The molecule has 22 heavy (non-hydrogen) atoms. The first-order valence-electron chi connectivity index (χ1n) is 7.33. The SMILES string of the molecule is N#CC(NC(=O)c1ccccc1)C(O)C(=O)NCC1CCC1. The zero-order valence-electron chi connectivity index (χ0n) is 12.2. The van der Waals surface area contributed by atoms with Gasteiger partial charge in [-0.15, -0.1) is 0 Å². The fourth-order valence-electron chi connectivity index (χ4n) is 2.19. The first-order valence-corrected chi connectivity index (χ1v) is 7.33. The minimum atomic E-state index is -1.59. The Bertz CT molecular complexity index is 564. The van der Waals surface area contributed by atoms with Crippen LogP contribution in [-0.4, -0.2) is 35.6 Å². The number of rotatable bonds is 6. The van der Waals surface area contributed by atoms with E-state index in [1.165, 1.54) is 0 Å². The molecule has 1 aliphatic rings. The van der Waals surface area contributed by atoms with Crippen molar-refractivity contribution in [3.63, 3.8) is 0 Å². The minimum absolute atomic E-state index is 0.366. The van der Waals surface area contributed by atoms with Crippen molar-refractivity contribution in [2.75, 3.05) is 6.54 Å². The van der Waals surface area contributed by atoms with E-state index < -0.39 is 24.0 Å². The molecule has 0 heterocycles. The number of amides is 2. The fraction of sp³-hybridized carbons (Fsp3) is 0.438. The van der Waals surface area contributed by atoms with Gasteiger partial charge in [-0.05, 0) is 30.9 Å². The lowest BCUT2D eigenvalue weighted by atomic mass is 9.85. The highest BCUT2D eigenvalue weighted by Gasteiger charge is 2.28. The maximum absolute atomic E-state index is 12.0. The number of hydrogen-bond acceptors (Lipinski definition) is 4. The Morgan fingerprint density at radius 1 is 1.32 bits per heavy atom. The molecule has 6 heteroatoms. The number of carbonyl (C=O) groups is 2. The van der Waals surface area contributed by atoms with Gasteiger partial charge in [0.2, 0.25) is 0 Å². The molecule has 2 atom stereocenters. The first kappa shape index (κ1) is 16.0. The Hall–Kier alpha value is -2.39. The van der Waals surface area contributed by atoms with Crippen LogP contribution in [0.15, 0.2) is 30.3 Å². The van der Waals surface area contributed by atoms with Crippen molar-refractivity contribution in [1.82, 2.24) is 10.6 Å². The van der Waals surface area contributed by atoms with Gasteiger partial charge in [0, 0.05) is 12.1 Å². The maximum atomic E-state index is 12.0. The van der Waals surface area contributed by atoms with Crippen LogP contribution in [0.2, 0.25) is 0 Å². The predicted molar refractivity (Wildman–Crippen MR) is 79.7 cm³/mol. The number of nitrogens with zero attached hydrogens (tertiary/aromatic N) is 1. The molecule has 116 valence electrons. The molecule has 0 bridgehead atoms. The van der Waals surface area contributed by atoms with Gasteiger partial charge in [-0.3, -0.25) is 9.59 Å². The topological polar surface area (TPSA) is 102 Å². The summed E-state index contributed by atoms with van der Waals surface area (Å²) in [7, 11) is 0. The molecular formula is C16H19N3O3. The normalized spacial score (nSPS) is 16.7. The number of nitrogens with one attached hydrogen (secondary N) is 2. The van der Waals surface area contributed by atoms with Gasteiger partial charge in [0.25, 0.3) is 11.8 Å². The summed E-state index contributed by atoms with van der Waals surface area (Å²) in [5, 5.41) is 24.0. The van der Waals surface area contributed by atoms with Crippen molar-refractivity contribution >= 4 is 11.8 Å². The quantitative estimate of drug-likeness (QED) is 0.715. The molecule has 1 aromatic carbocycles. The average molecular weight is 301 g/mol. The standard InChI is InChI=1S/C16H19N3O3/c17-9-13(19-15(21)12-7-2-1-3-8-12)14(20)16(22)18-10-11-5-4-6-11/h1-3,7-8,11,13-14,20H,4-6,10H2,(H,18,22)(H,19,21). The molecule has 2 amide bonds. The Balaban J connectivity index is 1.88. The number of aliphatic hydroxyl groups is 1. The molecule has 3 N–H and O–H groups in total. The zero-order chi connectivity index (χ0) is 15.9. The van der Waals surface area contributed by atoms with E-state index in [2.05, 4.69) is 10.6 Å². The van der Waals surface area contributed by atoms with Crippen LogP contribution in [0.1, 0.15) is 29.6 Å². The summed E-state index contributed by atoms with van der Waals surface area (Å²) in [6.07, 6.45) is 1.72. The lowest BCUT2D eigenvalue weighted by Gasteiger charge is -2.26. The number of benzene rings is 1. The Labute approximate surface area is 129 Å². The Morgan fingerprint density at radius 3 is 2.55 bits per heavy atom. The number of aliphatic hydroxyl groups excluding tert-OH is 1. The molecule has 1 aliphatic carbocycles.